The summed E-state index contributed by atoms with van der Waals surface area (Å²) in [7, 11) is 0. The van der Waals surface area contributed by atoms with E-state index in [-0.39, 0.29) is 148 Å². The lowest BCUT2D eigenvalue weighted by molar-refractivity contribution is 0.669. The normalized spacial score (nSPS) is 14.1. The summed E-state index contributed by atoms with van der Waals surface area (Å²) in [6.07, 6.45) is 0. The van der Waals surface area contributed by atoms with Crippen molar-refractivity contribution in [1.29, 1.82) is 0 Å². The van der Waals surface area contributed by atoms with Gasteiger partial charge in [0.05, 0.1) is 32.9 Å². The molecule has 638 valence electrons. The van der Waals surface area contributed by atoms with Gasteiger partial charge in [-0.05, 0) is 223 Å². The average Bonchev–Trinajstić information content (AvgIpc) is 1.58. The molecule has 0 bridgehead atoms. The maximum atomic E-state index is 9.45. The van der Waals surface area contributed by atoms with E-state index < -0.39 is 72.5 Å². The van der Waals surface area contributed by atoms with Crippen molar-refractivity contribution in [3.05, 3.63) is 509 Å². The molecular weight excluding hydrogens is 1660 g/mol. The monoisotopic (exact) mass is 1760 g/mol. The summed E-state index contributed by atoms with van der Waals surface area (Å²) >= 11 is 0. The largest absolute Gasteiger partial charge is 0.455 e. The number of rotatable bonds is 11. The topological polar surface area (TPSA) is 39.4 Å². The van der Waals surface area contributed by atoms with Crippen LogP contribution in [-0.2, 0) is 0 Å². The molecule has 0 aliphatic heterocycles. The Kier molecular flexibility index (Phi) is 14.4. The zero-order chi connectivity index (χ0) is 111. The molecule has 0 amide bonds. The van der Waals surface area contributed by atoms with Crippen LogP contribution in [0.3, 0.4) is 0 Å². The van der Waals surface area contributed by atoms with Crippen LogP contribution in [0.15, 0.2) is 522 Å². The van der Waals surface area contributed by atoms with Gasteiger partial charge in [-0.1, -0.05) is 467 Å². The van der Waals surface area contributed by atoms with E-state index in [2.05, 4.69) is 48.5 Å². The predicted molar refractivity (Wildman–Crippen MR) is 581 cm³/mol. The molecule has 28 rings (SSSR count). The lowest BCUT2D eigenvalue weighted by atomic mass is 9.84. The highest BCUT2D eigenvalue weighted by molar-refractivity contribution is 6.28. The van der Waals surface area contributed by atoms with Crippen LogP contribution in [0.1, 0.15) is 32.9 Å². The van der Waals surface area contributed by atoms with Gasteiger partial charge >= 0.3 is 0 Å². The average molecular weight is 1770 g/mol. The van der Waals surface area contributed by atoms with Crippen LogP contribution in [0, 0.1) is 0 Å². The minimum absolute atomic E-state index is 0.142. The Labute approximate surface area is 825 Å². The van der Waals surface area contributed by atoms with E-state index in [0.717, 1.165) is 121 Å². The van der Waals surface area contributed by atoms with Crippen LogP contribution in [0.2, 0.25) is 0 Å². The first-order valence-electron chi connectivity index (χ1n) is 57.1. The Hall–Kier alpha value is -18.0. The summed E-state index contributed by atoms with van der Waals surface area (Å²) in [5.74, 6) is 0. The maximum absolute atomic E-state index is 9.45. The first-order chi connectivity index (χ1) is 77.9. The third kappa shape index (κ3) is 13.9. The minimum atomic E-state index is -0.449. The van der Waals surface area contributed by atoms with Crippen LogP contribution in [0.4, 0.5) is 0 Å². The molecule has 28 aromatic rings. The van der Waals surface area contributed by atoms with Crippen LogP contribution < -0.4 is 0 Å². The fourth-order valence-corrected chi connectivity index (χ4v) is 20.1. The van der Waals surface area contributed by atoms with Gasteiger partial charge in [0.1, 0.15) is 33.5 Å². The minimum Gasteiger partial charge on any atom is -0.455 e. The molecule has 0 N–H and O–H groups in total. The molecule has 0 saturated carbocycles. The van der Waals surface area contributed by atoms with Crippen molar-refractivity contribution in [3.63, 3.8) is 0 Å². The maximum Gasteiger partial charge on any atom is 0.143 e. The van der Waals surface area contributed by atoms with Gasteiger partial charge in [0.2, 0.25) is 0 Å². The molecule has 3 nitrogen and oxygen atoms in total. The molecule has 3 heteroatoms. The SMILES string of the molecule is [2H]c1c([2H])c([2H])c2c(-c3ccc(-c4cccc5c4oc4ccccc45)cc3)c3c([2H])c([2H])c([2H])c([2H])c3c(-c3ccc(-c4cccc5ccccc45)cc3)c2c1[2H].[2H]c1c([2H])c([2H])c2c(-c3cccc4c3oc3ccccc34)c3c([2H])c([2H])c([2H])c([2H])c3c(-c3cc(-c4ccccc4)cc(-c4ccccc4)c3)c2c1[2H].[2H]c1c([2H])c([2H])c2c(-c3cccc4c3oc3ccccc34)c3c([2H])c([2H])c([2H])c([2H])c3c(-c3ccc(-c4ccc5ccccc5c4)cc3)c2c1[2H]. The van der Waals surface area contributed by atoms with Gasteiger partial charge in [0.25, 0.3) is 0 Å². The third-order valence-electron chi connectivity index (χ3n) is 26.3. The lowest BCUT2D eigenvalue weighted by Gasteiger charge is -2.19. The quantitative estimate of drug-likeness (QED) is 0.121. The highest BCUT2D eigenvalue weighted by Crippen LogP contribution is 2.52. The molecule has 0 atom stereocenters. The van der Waals surface area contributed by atoms with Crippen molar-refractivity contribution in [1.82, 2.24) is 0 Å². The first kappa shape index (κ1) is 58.7. The molecule has 0 radical (unpaired) electrons. The molecule has 0 spiro atoms. The first-order valence-corrected chi connectivity index (χ1v) is 45.1. The molecular formula is C134H84O3. The van der Waals surface area contributed by atoms with Crippen molar-refractivity contribution >= 4 is 152 Å². The zero-order valence-corrected chi connectivity index (χ0v) is 72.9. The third-order valence-corrected chi connectivity index (χ3v) is 26.3. The Bertz CT molecular complexity index is 10900. The molecule has 25 aromatic carbocycles. The van der Waals surface area contributed by atoms with E-state index in [0.29, 0.717) is 78.0 Å². The Balaban J connectivity index is 0.000000120. The van der Waals surface area contributed by atoms with Crippen molar-refractivity contribution in [2.24, 2.45) is 0 Å². The van der Waals surface area contributed by atoms with E-state index in [1.807, 2.05) is 303 Å². The van der Waals surface area contributed by atoms with Gasteiger partial charge in [-0.25, -0.2) is 0 Å². The van der Waals surface area contributed by atoms with Crippen LogP contribution in [0.25, 0.3) is 274 Å². The lowest BCUT2D eigenvalue weighted by Crippen LogP contribution is -1.92. The van der Waals surface area contributed by atoms with E-state index in [1.165, 1.54) is 0 Å². The van der Waals surface area contributed by atoms with E-state index in [1.54, 1.807) is 12.1 Å². The van der Waals surface area contributed by atoms with E-state index in [4.69, 9.17) is 29.7 Å². The number of hydrogen-bond acceptors (Lipinski definition) is 3. The highest BCUT2D eigenvalue weighted by atomic mass is 16.3. The van der Waals surface area contributed by atoms with Crippen molar-refractivity contribution in [3.8, 4) is 122 Å². The standard InChI is InChI=1S/C48H30O.C44H28O.C42H26O/c1-2-13-36-31(11-1)12-9-19-37(36)32-23-27-34(28-24-32)46-40-15-3-5-17-42(40)47(43-18-6-4-16-41(43)46)35-29-25-33(26-30-35)38-20-10-21-44-39-14-7-8-22-45(39)49-48(38)44;1-3-14-29(15-4-1)31-26-32(30-16-5-2-6-17-30)28-33(27-31)42-35-19-7-9-21-37(35)43(38-22-10-8-20-36(38)42)40-24-13-23-39-34-18-11-12-25-41(34)45-44(39)40;1-2-11-30-26-31(25-22-27(30)10-1)28-20-23-29(24-21-28)40-33-13-3-5-15-35(33)41(36-16-6-4-14-34(36)40)38-18-9-17-37-32-12-7-8-19-39(32)43-42(37)38/h1-30H;1-28H;1-26H/i3D,4D,5D,6D,15D,16D,17D,18D;7D,8D,9D,10D,19D,20D,21D,22D;3D,4D,5D,6D,13D,14D,15D,16D. The molecule has 3 heterocycles. The number of fused-ring (bicyclic) bond motifs is 17. The van der Waals surface area contributed by atoms with Crippen LogP contribution >= 0.6 is 0 Å². The van der Waals surface area contributed by atoms with Crippen molar-refractivity contribution < 1.29 is 46.1 Å². The smallest absolute Gasteiger partial charge is 0.143 e. The molecule has 0 aliphatic carbocycles. The summed E-state index contributed by atoms with van der Waals surface area (Å²) < 4.78 is 237. The fraction of sp³-hybridized carbons (Fsp3) is 0. The van der Waals surface area contributed by atoms with Crippen molar-refractivity contribution in [2.45, 2.75) is 0 Å². The Morgan fingerprint density at radius 1 is 0.131 bits per heavy atom. The van der Waals surface area contributed by atoms with Gasteiger partial charge < -0.3 is 13.3 Å². The summed E-state index contributed by atoms with van der Waals surface area (Å²) in [6, 6.07) is 108. The van der Waals surface area contributed by atoms with Crippen molar-refractivity contribution in [2.75, 3.05) is 0 Å². The molecule has 0 aliphatic rings. The van der Waals surface area contributed by atoms with E-state index >= 15 is 0 Å². The summed E-state index contributed by atoms with van der Waals surface area (Å²) in [5, 5.41) is 11.6. The summed E-state index contributed by atoms with van der Waals surface area (Å²) in [6.45, 7) is 0. The van der Waals surface area contributed by atoms with Gasteiger partial charge in [-0.3, -0.25) is 0 Å². The van der Waals surface area contributed by atoms with Crippen LogP contribution in [0.5, 0.6) is 0 Å². The number of para-hydroxylation sites is 6. The molecule has 0 unspecified atom stereocenters. The fourth-order valence-electron chi connectivity index (χ4n) is 20.1. The Morgan fingerprint density at radius 3 is 0.788 bits per heavy atom. The number of furan rings is 3. The van der Waals surface area contributed by atoms with E-state index in [9.17, 15) is 16.4 Å². The molecule has 3 aromatic heterocycles. The number of hydrogen-bond donors (Lipinski definition) is 0. The van der Waals surface area contributed by atoms with Gasteiger partial charge in [0, 0.05) is 60.1 Å². The Morgan fingerprint density at radius 2 is 0.387 bits per heavy atom. The van der Waals surface area contributed by atoms with Gasteiger partial charge in [0.15, 0.2) is 0 Å². The summed E-state index contributed by atoms with van der Waals surface area (Å²) in [5.41, 5.74) is 17.6. The van der Waals surface area contributed by atoms with Gasteiger partial charge in [-0.2, -0.15) is 0 Å². The molecule has 0 saturated heterocycles. The second-order valence-corrected chi connectivity index (χ2v) is 33.9. The second-order valence-electron chi connectivity index (χ2n) is 33.9. The zero-order valence-electron chi connectivity index (χ0n) is 96.9. The summed E-state index contributed by atoms with van der Waals surface area (Å²) in [4.78, 5) is 0. The highest BCUT2D eigenvalue weighted by Gasteiger charge is 2.26. The predicted octanol–water partition coefficient (Wildman–Crippen LogP) is 38.3. The van der Waals surface area contributed by atoms with Crippen LogP contribution in [-0.4, -0.2) is 0 Å². The number of benzene rings is 25. The molecule has 0 fully saturated rings. The molecule has 137 heavy (non-hydrogen) atoms. The second kappa shape index (κ2) is 33.7. The van der Waals surface area contributed by atoms with Gasteiger partial charge in [-0.15, -0.1) is 0 Å².